The van der Waals surface area contributed by atoms with E-state index in [9.17, 15) is 4.79 Å². The van der Waals surface area contributed by atoms with E-state index >= 15 is 0 Å². The number of ether oxygens (including phenoxy) is 1. The van der Waals surface area contributed by atoms with E-state index in [2.05, 4.69) is 9.97 Å². The summed E-state index contributed by atoms with van der Waals surface area (Å²) in [6, 6.07) is 16.4. The summed E-state index contributed by atoms with van der Waals surface area (Å²) >= 11 is 0. The van der Waals surface area contributed by atoms with Crippen molar-refractivity contribution in [2.45, 2.75) is 0 Å². The zero-order chi connectivity index (χ0) is 15.8. The Morgan fingerprint density at radius 3 is 2.61 bits per heavy atom. The van der Waals surface area contributed by atoms with Crippen LogP contribution in [0, 0.1) is 0 Å². The summed E-state index contributed by atoms with van der Waals surface area (Å²) in [6.07, 6.45) is 1.87. The van der Waals surface area contributed by atoms with Crippen molar-refractivity contribution in [3.8, 4) is 5.88 Å². The number of rotatable bonds is 3. The first kappa shape index (κ1) is 13.5. The molecule has 0 aliphatic heterocycles. The lowest BCUT2D eigenvalue weighted by Crippen LogP contribution is -2.08. The maximum Gasteiger partial charge on any atom is 0.215 e. The molecule has 0 aliphatic carbocycles. The van der Waals surface area contributed by atoms with Crippen molar-refractivity contribution < 1.29 is 9.53 Å². The van der Waals surface area contributed by atoms with Crippen molar-refractivity contribution in [1.29, 1.82) is 0 Å². The zero-order valence-corrected chi connectivity index (χ0v) is 12.4. The number of aromatic nitrogens is 3. The van der Waals surface area contributed by atoms with Gasteiger partial charge in [0.2, 0.25) is 11.7 Å². The Hall–Kier alpha value is -3.21. The smallest absolute Gasteiger partial charge is 0.215 e. The van der Waals surface area contributed by atoms with Crippen LogP contribution in [0.25, 0.3) is 16.7 Å². The van der Waals surface area contributed by atoms with Gasteiger partial charge in [-0.1, -0.05) is 30.3 Å². The number of ketones is 1. The van der Waals surface area contributed by atoms with Crippen molar-refractivity contribution in [2.24, 2.45) is 0 Å². The van der Waals surface area contributed by atoms with Gasteiger partial charge < -0.3 is 4.74 Å². The number of hydrogen-bond donors (Lipinski definition) is 0. The van der Waals surface area contributed by atoms with Crippen molar-refractivity contribution in [3.05, 3.63) is 72.1 Å². The van der Waals surface area contributed by atoms with Crippen molar-refractivity contribution in [3.63, 3.8) is 0 Å². The van der Waals surface area contributed by atoms with Gasteiger partial charge in [0.25, 0.3) is 0 Å². The normalized spacial score (nSPS) is 11.0. The Morgan fingerprint density at radius 1 is 1.00 bits per heavy atom. The minimum Gasteiger partial charge on any atom is -0.481 e. The molecule has 5 heteroatoms. The van der Waals surface area contributed by atoms with E-state index in [-0.39, 0.29) is 5.78 Å². The summed E-state index contributed by atoms with van der Waals surface area (Å²) in [5.74, 6) is 0.406. The van der Waals surface area contributed by atoms with Gasteiger partial charge in [0.15, 0.2) is 5.65 Å². The second-order valence-corrected chi connectivity index (χ2v) is 5.12. The fourth-order valence-corrected chi connectivity index (χ4v) is 2.63. The van der Waals surface area contributed by atoms with Crippen LogP contribution in [0.3, 0.4) is 0 Å². The number of benzene rings is 1. The van der Waals surface area contributed by atoms with Gasteiger partial charge in [0.1, 0.15) is 11.2 Å². The molecular formula is C18H13N3O2. The maximum absolute atomic E-state index is 12.8. The van der Waals surface area contributed by atoms with E-state index in [1.165, 1.54) is 0 Å². The predicted molar refractivity (Wildman–Crippen MR) is 86.9 cm³/mol. The van der Waals surface area contributed by atoms with E-state index in [0.717, 1.165) is 5.52 Å². The lowest BCUT2D eigenvalue weighted by atomic mass is 10.1. The number of fused-ring (bicyclic) bond motifs is 3. The molecule has 0 spiro atoms. The number of methoxy groups -OCH3 is 1. The number of carbonyl (C=O) groups is 1. The minimum atomic E-state index is -0.105. The van der Waals surface area contributed by atoms with Crippen molar-refractivity contribution >= 4 is 22.5 Å². The standard InChI is InChI=1S/C18H13N3O2/c1-23-15-10-9-13-18(20-15)21-11-5-8-14(21)16(19-13)17(22)12-6-3-2-4-7-12/h2-11H,1H3. The molecule has 3 aromatic heterocycles. The van der Waals surface area contributed by atoms with Gasteiger partial charge in [0, 0.05) is 17.8 Å². The van der Waals surface area contributed by atoms with Crippen molar-refractivity contribution in [1.82, 2.24) is 14.4 Å². The molecule has 0 saturated carbocycles. The summed E-state index contributed by atoms with van der Waals surface area (Å²) < 4.78 is 7.04. The molecule has 0 amide bonds. The maximum atomic E-state index is 12.8. The molecule has 4 aromatic rings. The molecule has 112 valence electrons. The van der Waals surface area contributed by atoms with Gasteiger partial charge in [-0.25, -0.2) is 4.98 Å². The summed E-state index contributed by atoms with van der Waals surface area (Å²) in [7, 11) is 1.57. The zero-order valence-electron chi connectivity index (χ0n) is 12.4. The second-order valence-electron chi connectivity index (χ2n) is 5.12. The van der Waals surface area contributed by atoms with Crippen LogP contribution in [-0.2, 0) is 0 Å². The third-order valence-corrected chi connectivity index (χ3v) is 3.74. The topological polar surface area (TPSA) is 56.5 Å². The highest BCUT2D eigenvalue weighted by Crippen LogP contribution is 2.22. The molecule has 3 heterocycles. The number of nitrogens with zero attached hydrogens (tertiary/aromatic N) is 3. The summed E-state index contributed by atoms with van der Waals surface area (Å²) in [5.41, 5.74) is 3.07. The summed E-state index contributed by atoms with van der Waals surface area (Å²) in [5, 5.41) is 0. The highest BCUT2D eigenvalue weighted by molar-refractivity contribution is 6.12. The molecule has 1 aromatic carbocycles. The molecule has 0 radical (unpaired) electrons. The highest BCUT2D eigenvalue weighted by Gasteiger charge is 2.17. The molecule has 23 heavy (non-hydrogen) atoms. The van der Waals surface area contributed by atoms with Gasteiger partial charge in [0.05, 0.1) is 12.6 Å². The van der Waals surface area contributed by atoms with Crippen LogP contribution < -0.4 is 4.74 Å². The molecule has 0 unspecified atom stereocenters. The molecule has 0 fully saturated rings. The van der Waals surface area contributed by atoms with E-state index < -0.39 is 0 Å². The van der Waals surface area contributed by atoms with Crippen LogP contribution in [0.2, 0.25) is 0 Å². The van der Waals surface area contributed by atoms with E-state index in [1.54, 1.807) is 25.3 Å². The molecule has 0 atom stereocenters. The van der Waals surface area contributed by atoms with Gasteiger partial charge in [-0.15, -0.1) is 0 Å². The molecule has 0 bridgehead atoms. The van der Waals surface area contributed by atoms with Crippen LogP contribution in [0.5, 0.6) is 5.88 Å². The first-order valence-electron chi connectivity index (χ1n) is 7.19. The largest absolute Gasteiger partial charge is 0.481 e. The fourth-order valence-electron chi connectivity index (χ4n) is 2.63. The SMILES string of the molecule is COc1ccc2nc(C(=O)c3ccccc3)c3cccn3c2n1. The highest BCUT2D eigenvalue weighted by atomic mass is 16.5. The molecule has 0 aliphatic rings. The molecule has 0 N–H and O–H groups in total. The monoisotopic (exact) mass is 303 g/mol. The van der Waals surface area contributed by atoms with E-state index in [0.29, 0.717) is 28.3 Å². The van der Waals surface area contributed by atoms with Crippen molar-refractivity contribution in [2.75, 3.05) is 7.11 Å². The lowest BCUT2D eigenvalue weighted by molar-refractivity contribution is 0.103. The quantitative estimate of drug-likeness (QED) is 0.546. The third-order valence-electron chi connectivity index (χ3n) is 3.74. The first-order chi connectivity index (χ1) is 11.3. The van der Waals surface area contributed by atoms with Gasteiger partial charge in [-0.05, 0) is 18.2 Å². The second kappa shape index (κ2) is 5.21. The third kappa shape index (κ3) is 2.14. The Labute approximate surface area is 132 Å². The van der Waals surface area contributed by atoms with Crippen LogP contribution in [0.4, 0.5) is 0 Å². The van der Waals surface area contributed by atoms with E-state index in [4.69, 9.17) is 4.74 Å². The minimum absolute atomic E-state index is 0.105. The van der Waals surface area contributed by atoms with E-state index in [1.807, 2.05) is 47.0 Å². The average molecular weight is 303 g/mol. The van der Waals surface area contributed by atoms with Crippen LogP contribution in [-0.4, -0.2) is 27.3 Å². The Kier molecular flexibility index (Phi) is 3.05. The van der Waals surface area contributed by atoms with Crippen LogP contribution >= 0.6 is 0 Å². The Morgan fingerprint density at radius 2 is 1.83 bits per heavy atom. The van der Waals surface area contributed by atoms with Gasteiger partial charge >= 0.3 is 0 Å². The number of carbonyl (C=O) groups excluding carboxylic acids is 1. The summed E-state index contributed by atoms with van der Waals surface area (Å²) in [6.45, 7) is 0. The average Bonchev–Trinajstić information content (AvgIpc) is 3.11. The van der Waals surface area contributed by atoms with Gasteiger partial charge in [-0.3, -0.25) is 9.20 Å². The Balaban J connectivity index is 2.00. The number of hydrogen-bond acceptors (Lipinski definition) is 4. The Bertz CT molecular complexity index is 1020. The number of pyridine rings is 1. The van der Waals surface area contributed by atoms with Crippen LogP contribution in [0.1, 0.15) is 16.1 Å². The van der Waals surface area contributed by atoms with Crippen LogP contribution in [0.15, 0.2) is 60.8 Å². The summed E-state index contributed by atoms with van der Waals surface area (Å²) in [4.78, 5) is 21.8. The molecule has 4 rings (SSSR count). The molecular weight excluding hydrogens is 290 g/mol. The molecule has 5 nitrogen and oxygen atoms in total. The van der Waals surface area contributed by atoms with Gasteiger partial charge in [-0.2, -0.15) is 4.98 Å². The first-order valence-corrected chi connectivity index (χ1v) is 7.19. The lowest BCUT2D eigenvalue weighted by Gasteiger charge is -2.08. The predicted octanol–water partition coefficient (Wildman–Crippen LogP) is 3.12. The fraction of sp³-hybridized carbons (Fsp3) is 0.0556. The molecule has 0 saturated heterocycles.